The van der Waals surface area contributed by atoms with Gasteiger partial charge in [-0.2, -0.15) is 0 Å². The number of anilines is 1. The van der Waals surface area contributed by atoms with Crippen LogP contribution in [-0.2, 0) is 4.79 Å². The van der Waals surface area contributed by atoms with Gasteiger partial charge in [0.2, 0.25) is 0 Å². The number of hydrogen-bond donors (Lipinski definition) is 1. The summed E-state index contributed by atoms with van der Waals surface area (Å²) < 4.78 is 5.31. The first-order chi connectivity index (χ1) is 11.7. The molecule has 0 aromatic heterocycles. The number of allylic oxidation sites excluding steroid dienone is 1. The van der Waals surface area contributed by atoms with Crippen molar-refractivity contribution in [1.82, 2.24) is 5.43 Å². The van der Waals surface area contributed by atoms with Gasteiger partial charge in [-0.25, -0.2) is 0 Å². The fourth-order valence-electron chi connectivity index (χ4n) is 2.67. The molecule has 1 aliphatic rings. The summed E-state index contributed by atoms with van der Waals surface area (Å²) in [5, 5.41) is 1.84. The Morgan fingerprint density at radius 1 is 1.12 bits per heavy atom. The van der Waals surface area contributed by atoms with E-state index in [4.69, 9.17) is 4.74 Å². The van der Waals surface area contributed by atoms with Gasteiger partial charge in [0.15, 0.2) is 0 Å². The number of hydrogen-bond acceptors (Lipinski definition) is 5. The van der Waals surface area contributed by atoms with Crippen molar-refractivity contribution in [2.24, 2.45) is 4.99 Å². The van der Waals surface area contributed by atoms with E-state index in [9.17, 15) is 4.79 Å². The SMILES string of the molecule is COc1ccccc1N=CC1=C(C)NN(c2ccccc2)C1C=O. The van der Waals surface area contributed by atoms with Crippen molar-refractivity contribution in [3.8, 4) is 5.75 Å². The predicted octanol–water partition coefficient (Wildman–Crippen LogP) is 3.26. The van der Waals surface area contributed by atoms with E-state index >= 15 is 0 Å². The van der Waals surface area contributed by atoms with Gasteiger partial charge in [-0.1, -0.05) is 30.3 Å². The number of nitrogens with zero attached hydrogens (tertiary/aromatic N) is 2. The minimum absolute atomic E-state index is 0.425. The van der Waals surface area contributed by atoms with E-state index in [1.54, 1.807) is 13.3 Å². The summed E-state index contributed by atoms with van der Waals surface area (Å²) in [7, 11) is 1.61. The molecule has 122 valence electrons. The molecule has 2 aromatic rings. The van der Waals surface area contributed by atoms with Gasteiger partial charge in [0.1, 0.15) is 23.8 Å². The highest BCUT2D eigenvalue weighted by molar-refractivity contribution is 5.93. The smallest absolute Gasteiger partial charge is 0.149 e. The van der Waals surface area contributed by atoms with Crippen LogP contribution in [0.2, 0.25) is 0 Å². The molecule has 1 atom stereocenters. The van der Waals surface area contributed by atoms with Gasteiger partial charge in [0.05, 0.1) is 12.8 Å². The largest absolute Gasteiger partial charge is 0.494 e. The number of aliphatic imine (C=N–C) groups is 1. The lowest BCUT2D eigenvalue weighted by molar-refractivity contribution is -0.108. The van der Waals surface area contributed by atoms with Crippen molar-refractivity contribution in [3.63, 3.8) is 0 Å². The zero-order chi connectivity index (χ0) is 16.9. The molecular formula is C19H19N3O2. The summed E-state index contributed by atoms with van der Waals surface area (Å²) in [6.07, 6.45) is 2.64. The van der Waals surface area contributed by atoms with E-state index in [1.165, 1.54) is 0 Å². The molecule has 0 aliphatic carbocycles. The monoisotopic (exact) mass is 321 g/mol. The zero-order valence-electron chi connectivity index (χ0n) is 13.6. The highest BCUT2D eigenvalue weighted by Crippen LogP contribution is 2.28. The van der Waals surface area contributed by atoms with Gasteiger partial charge in [-0.15, -0.1) is 0 Å². The van der Waals surface area contributed by atoms with Crippen molar-refractivity contribution in [1.29, 1.82) is 0 Å². The number of hydrazine groups is 1. The van der Waals surface area contributed by atoms with Crippen LogP contribution in [0.4, 0.5) is 11.4 Å². The number of benzene rings is 2. The molecule has 2 aromatic carbocycles. The summed E-state index contributed by atoms with van der Waals surface area (Å²) in [4.78, 5) is 16.2. The summed E-state index contributed by atoms with van der Waals surface area (Å²) in [5.74, 6) is 0.695. The maximum Gasteiger partial charge on any atom is 0.149 e. The van der Waals surface area contributed by atoms with Crippen LogP contribution in [-0.4, -0.2) is 25.7 Å². The van der Waals surface area contributed by atoms with E-state index in [2.05, 4.69) is 10.4 Å². The average molecular weight is 321 g/mol. The third kappa shape index (κ3) is 3.01. The predicted molar refractivity (Wildman–Crippen MR) is 95.8 cm³/mol. The van der Waals surface area contributed by atoms with Gasteiger partial charge in [0.25, 0.3) is 0 Å². The standard InChI is InChI=1S/C19H19N3O2/c1-14-16(12-20-17-10-6-7-11-19(17)24-2)18(13-23)22(21-14)15-8-4-3-5-9-15/h3-13,18,21H,1-2H3. The highest BCUT2D eigenvalue weighted by Gasteiger charge is 2.29. The number of aldehydes is 1. The molecule has 1 aliphatic heterocycles. The summed E-state index contributed by atoms with van der Waals surface area (Å²) in [6.45, 7) is 1.93. The Morgan fingerprint density at radius 2 is 1.83 bits per heavy atom. The summed E-state index contributed by atoms with van der Waals surface area (Å²) in [6, 6.07) is 16.8. The molecule has 0 bridgehead atoms. The number of carbonyl (C=O) groups excluding carboxylic acids is 1. The van der Waals surface area contributed by atoms with Crippen molar-refractivity contribution >= 4 is 23.9 Å². The Bertz CT molecular complexity index is 784. The Balaban J connectivity index is 1.88. The van der Waals surface area contributed by atoms with E-state index in [1.807, 2.05) is 66.5 Å². The molecule has 1 unspecified atom stereocenters. The second-order valence-electron chi connectivity index (χ2n) is 5.41. The number of ether oxygens (including phenoxy) is 1. The number of para-hydroxylation sites is 3. The third-order valence-corrected chi connectivity index (χ3v) is 3.91. The van der Waals surface area contributed by atoms with E-state index in [-0.39, 0.29) is 0 Å². The van der Waals surface area contributed by atoms with Crippen molar-refractivity contribution < 1.29 is 9.53 Å². The molecule has 0 radical (unpaired) electrons. The first kappa shape index (κ1) is 15.8. The van der Waals surface area contributed by atoms with Crippen LogP contribution in [0.1, 0.15) is 6.92 Å². The second kappa shape index (κ2) is 7.00. The van der Waals surface area contributed by atoms with Crippen LogP contribution in [0.5, 0.6) is 5.75 Å². The number of rotatable bonds is 5. The molecule has 5 heteroatoms. The van der Waals surface area contributed by atoms with Crippen molar-refractivity contribution in [2.75, 3.05) is 12.1 Å². The van der Waals surface area contributed by atoms with Crippen molar-refractivity contribution in [2.45, 2.75) is 13.0 Å². The Labute approximate surface area is 141 Å². The number of methoxy groups -OCH3 is 1. The third-order valence-electron chi connectivity index (χ3n) is 3.91. The van der Waals surface area contributed by atoms with Crippen LogP contribution in [0, 0.1) is 0 Å². The topological polar surface area (TPSA) is 53.9 Å². The quantitative estimate of drug-likeness (QED) is 0.678. The average Bonchev–Trinajstić information content (AvgIpc) is 2.96. The van der Waals surface area contributed by atoms with Crippen molar-refractivity contribution in [3.05, 3.63) is 65.9 Å². The van der Waals surface area contributed by atoms with Crippen LogP contribution in [0.15, 0.2) is 70.9 Å². The van der Waals surface area contributed by atoms with Crippen LogP contribution < -0.4 is 15.2 Å². The molecule has 1 N–H and O–H groups in total. The van der Waals surface area contributed by atoms with Gasteiger partial charge in [-0.05, 0) is 31.2 Å². The normalized spacial score (nSPS) is 17.2. The minimum Gasteiger partial charge on any atom is -0.494 e. The molecule has 0 spiro atoms. The van der Waals surface area contributed by atoms with E-state index in [0.29, 0.717) is 5.75 Å². The molecule has 3 rings (SSSR count). The fourth-order valence-corrected chi connectivity index (χ4v) is 2.67. The highest BCUT2D eigenvalue weighted by atomic mass is 16.5. The molecule has 0 amide bonds. The van der Waals surface area contributed by atoms with Crippen LogP contribution >= 0.6 is 0 Å². The van der Waals surface area contributed by atoms with Gasteiger partial charge in [-0.3, -0.25) is 10.0 Å². The molecule has 24 heavy (non-hydrogen) atoms. The Morgan fingerprint density at radius 3 is 2.54 bits per heavy atom. The van der Waals surface area contributed by atoms with Gasteiger partial charge >= 0.3 is 0 Å². The molecule has 0 fully saturated rings. The van der Waals surface area contributed by atoms with Gasteiger partial charge in [0, 0.05) is 17.5 Å². The molecular weight excluding hydrogens is 302 g/mol. The first-order valence-electron chi connectivity index (χ1n) is 7.68. The molecule has 0 saturated heterocycles. The lowest BCUT2D eigenvalue weighted by Crippen LogP contribution is -2.40. The first-order valence-corrected chi connectivity index (χ1v) is 7.68. The Kier molecular flexibility index (Phi) is 4.61. The fraction of sp³-hybridized carbons (Fsp3) is 0.158. The molecule has 5 nitrogen and oxygen atoms in total. The molecule has 1 heterocycles. The zero-order valence-corrected chi connectivity index (χ0v) is 13.6. The van der Waals surface area contributed by atoms with Crippen LogP contribution in [0.3, 0.4) is 0 Å². The maximum absolute atomic E-state index is 11.7. The number of carbonyl (C=O) groups is 1. The lowest BCUT2D eigenvalue weighted by atomic mass is 10.1. The van der Waals surface area contributed by atoms with Crippen LogP contribution in [0.25, 0.3) is 0 Å². The maximum atomic E-state index is 11.7. The summed E-state index contributed by atoms with van der Waals surface area (Å²) >= 11 is 0. The summed E-state index contributed by atoms with van der Waals surface area (Å²) in [5.41, 5.74) is 6.63. The minimum atomic E-state index is -0.425. The van der Waals surface area contributed by atoms with Gasteiger partial charge < -0.3 is 15.0 Å². The molecule has 0 saturated carbocycles. The lowest BCUT2D eigenvalue weighted by Gasteiger charge is -2.24. The Hall–Kier alpha value is -3.08. The van der Waals surface area contributed by atoms with E-state index in [0.717, 1.165) is 28.9 Å². The van der Waals surface area contributed by atoms with E-state index < -0.39 is 6.04 Å². The number of nitrogens with one attached hydrogen (secondary N) is 1. The second-order valence-corrected chi connectivity index (χ2v) is 5.41.